The van der Waals surface area contributed by atoms with Crippen LogP contribution in [0.3, 0.4) is 0 Å². The highest BCUT2D eigenvalue weighted by Gasteiger charge is 2.13. The summed E-state index contributed by atoms with van der Waals surface area (Å²) in [5.74, 6) is 0.523. The smallest absolute Gasteiger partial charge is 0.166 e. The van der Waals surface area contributed by atoms with E-state index in [0.717, 1.165) is 5.56 Å². The SMILES string of the molecule is Cl.NCC(O)COc1ccccc1C(=O)CCc1ccccc1. The summed E-state index contributed by atoms with van der Waals surface area (Å²) in [6, 6.07) is 17.0. The molecule has 0 aliphatic carbocycles. The second kappa shape index (κ2) is 10.0. The monoisotopic (exact) mass is 335 g/mol. The zero-order valence-electron chi connectivity index (χ0n) is 12.9. The highest BCUT2D eigenvalue weighted by Crippen LogP contribution is 2.20. The Balaban J connectivity index is 0.00000264. The lowest BCUT2D eigenvalue weighted by molar-refractivity contribution is 0.0961. The molecule has 0 bridgehead atoms. The fraction of sp³-hybridized carbons (Fsp3) is 0.278. The summed E-state index contributed by atoms with van der Waals surface area (Å²) in [4.78, 5) is 12.4. The van der Waals surface area contributed by atoms with Crippen molar-refractivity contribution in [3.8, 4) is 5.75 Å². The van der Waals surface area contributed by atoms with Crippen LogP contribution in [-0.2, 0) is 6.42 Å². The minimum Gasteiger partial charge on any atom is -0.490 e. The van der Waals surface area contributed by atoms with Crippen LogP contribution in [-0.4, -0.2) is 30.1 Å². The lowest BCUT2D eigenvalue weighted by Gasteiger charge is -2.13. The Morgan fingerprint density at radius 2 is 1.74 bits per heavy atom. The van der Waals surface area contributed by atoms with Gasteiger partial charge in [-0.25, -0.2) is 0 Å². The van der Waals surface area contributed by atoms with E-state index < -0.39 is 6.10 Å². The number of aliphatic hydroxyl groups is 1. The molecule has 5 heteroatoms. The Bertz CT molecular complexity index is 604. The van der Waals surface area contributed by atoms with Gasteiger partial charge in [-0.2, -0.15) is 0 Å². The quantitative estimate of drug-likeness (QED) is 0.727. The maximum atomic E-state index is 12.4. The molecule has 0 aliphatic rings. The van der Waals surface area contributed by atoms with Crippen molar-refractivity contribution in [3.63, 3.8) is 0 Å². The van der Waals surface area contributed by atoms with Crippen molar-refractivity contribution in [2.45, 2.75) is 18.9 Å². The minimum absolute atomic E-state index is 0. The van der Waals surface area contributed by atoms with Crippen LogP contribution in [0.4, 0.5) is 0 Å². The second-order valence-corrected chi connectivity index (χ2v) is 5.11. The van der Waals surface area contributed by atoms with E-state index >= 15 is 0 Å². The van der Waals surface area contributed by atoms with E-state index in [1.807, 2.05) is 36.4 Å². The van der Waals surface area contributed by atoms with Crippen LogP contribution in [0.25, 0.3) is 0 Å². The van der Waals surface area contributed by atoms with E-state index in [1.54, 1.807) is 18.2 Å². The minimum atomic E-state index is -0.729. The Morgan fingerprint density at radius 3 is 2.43 bits per heavy atom. The van der Waals surface area contributed by atoms with Gasteiger partial charge in [0, 0.05) is 13.0 Å². The number of hydrogen-bond donors (Lipinski definition) is 2. The largest absolute Gasteiger partial charge is 0.490 e. The van der Waals surface area contributed by atoms with E-state index in [1.165, 1.54) is 0 Å². The molecule has 0 aliphatic heterocycles. The predicted octanol–water partition coefficient (Wildman–Crippen LogP) is 2.62. The number of carbonyl (C=O) groups is 1. The van der Waals surface area contributed by atoms with Crippen LogP contribution in [0, 0.1) is 0 Å². The number of aliphatic hydroxyl groups excluding tert-OH is 1. The molecule has 0 heterocycles. The summed E-state index contributed by atoms with van der Waals surface area (Å²) in [7, 11) is 0. The van der Waals surface area contributed by atoms with Gasteiger partial charge in [-0.15, -0.1) is 12.4 Å². The van der Waals surface area contributed by atoms with Gasteiger partial charge in [-0.1, -0.05) is 42.5 Å². The molecule has 2 rings (SSSR count). The van der Waals surface area contributed by atoms with E-state index in [0.29, 0.717) is 24.2 Å². The topological polar surface area (TPSA) is 72.6 Å². The Kier molecular flexibility index (Phi) is 8.33. The molecule has 0 saturated carbocycles. The Hall–Kier alpha value is -1.88. The van der Waals surface area contributed by atoms with Gasteiger partial charge in [0.1, 0.15) is 18.5 Å². The molecule has 0 fully saturated rings. The first kappa shape index (κ1) is 19.2. The molecule has 2 aromatic rings. The van der Waals surface area contributed by atoms with E-state index in [2.05, 4.69) is 0 Å². The highest BCUT2D eigenvalue weighted by molar-refractivity contribution is 5.98. The lowest BCUT2D eigenvalue weighted by atomic mass is 10.0. The number of Topliss-reactive ketones (excluding diaryl/α,β-unsaturated/α-hetero) is 1. The van der Waals surface area contributed by atoms with Crippen molar-refractivity contribution in [2.24, 2.45) is 5.73 Å². The summed E-state index contributed by atoms with van der Waals surface area (Å²) in [5.41, 5.74) is 7.03. The first-order valence-corrected chi connectivity index (χ1v) is 7.38. The van der Waals surface area contributed by atoms with E-state index in [4.69, 9.17) is 10.5 Å². The highest BCUT2D eigenvalue weighted by atomic mass is 35.5. The van der Waals surface area contributed by atoms with Crippen LogP contribution in [0.2, 0.25) is 0 Å². The fourth-order valence-corrected chi connectivity index (χ4v) is 2.11. The van der Waals surface area contributed by atoms with Gasteiger partial charge < -0.3 is 15.6 Å². The summed E-state index contributed by atoms with van der Waals surface area (Å²) in [5, 5.41) is 9.47. The molecule has 3 N–H and O–H groups in total. The second-order valence-electron chi connectivity index (χ2n) is 5.11. The third-order valence-electron chi connectivity index (χ3n) is 3.37. The molecule has 0 amide bonds. The number of para-hydroxylation sites is 1. The van der Waals surface area contributed by atoms with Crippen molar-refractivity contribution in [1.82, 2.24) is 0 Å². The third-order valence-corrected chi connectivity index (χ3v) is 3.37. The van der Waals surface area contributed by atoms with Gasteiger partial charge in [-0.05, 0) is 24.1 Å². The van der Waals surface area contributed by atoms with Crippen LogP contribution in [0.1, 0.15) is 22.3 Å². The van der Waals surface area contributed by atoms with Crippen LogP contribution >= 0.6 is 12.4 Å². The first-order valence-electron chi connectivity index (χ1n) is 7.38. The zero-order chi connectivity index (χ0) is 15.8. The molecular weight excluding hydrogens is 314 g/mol. The number of nitrogens with two attached hydrogens (primary N) is 1. The van der Waals surface area contributed by atoms with Gasteiger partial charge in [0.25, 0.3) is 0 Å². The van der Waals surface area contributed by atoms with Crippen molar-refractivity contribution < 1.29 is 14.6 Å². The molecule has 0 spiro atoms. The van der Waals surface area contributed by atoms with Gasteiger partial charge in [0.2, 0.25) is 0 Å². The van der Waals surface area contributed by atoms with Gasteiger partial charge >= 0.3 is 0 Å². The molecule has 23 heavy (non-hydrogen) atoms. The number of hydrogen-bond acceptors (Lipinski definition) is 4. The molecule has 0 saturated heterocycles. The number of rotatable bonds is 8. The van der Waals surface area contributed by atoms with Crippen LogP contribution in [0.15, 0.2) is 54.6 Å². The molecule has 1 atom stereocenters. The molecule has 1 unspecified atom stereocenters. The predicted molar refractivity (Wildman–Crippen MR) is 93.3 cm³/mol. The molecule has 0 radical (unpaired) electrons. The number of halogens is 1. The molecule has 4 nitrogen and oxygen atoms in total. The van der Waals surface area contributed by atoms with Gasteiger partial charge in [-0.3, -0.25) is 4.79 Å². The van der Waals surface area contributed by atoms with Crippen LogP contribution in [0.5, 0.6) is 5.75 Å². The zero-order valence-corrected chi connectivity index (χ0v) is 13.7. The van der Waals surface area contributed by atoms with Gasteiger partial charge in [0.15, 0.2) is 5.78 Å². The molecule has 124 valence electrons. The number of ether oxygens (including phenoxy) is 1. The molecule has 0 aromatic heterocycles. The summed E-state index contributed by atoms with van der Waals surface area (Å²) < 4.78 is 5.51. The van der Waals surface area contributed by atoms with E-state index in [9.17, 15) is 9.90 Å². The number of ketones is 1. The van der Waals surface area contributed by atoms with Gasteiger partial charge in [0.05, 0.1) is 5.56 Å². The van der Waals surface area contributed by atoms with Crippen molar-refractivity contribution >= 4 is 18.2 Å². The van der Waals surface area contributed by atoms with Crippen LogP contribution < -0.4 is 10.5 Å². The summed E-state index contributed by atoms with van der Waals surface area (Å²) in [6.07, 6.45) is 0.385. The van der Waals surface area contributed by atoms with Crippen molar-refractivity contribution in [2.75, 3.05) is 13.2 Å². The number of benzene rings is 2. The third kappa shape index (κ3) is 6.02. The Labute approximate surface area is 142 Å². The molecular formula is C18H22ClNO3. The lowest BCUT2D eigenvalue weighted by Crippen LogP contribution is -2.27. The number of carbonyl (C=O) groups excluding carboxylic acids is 1. The maximum absolute atomic E-state index is 12.4. The standard InChI is InChI=1S/C18H21NO3.ClH/c19-12-15(20)13-22-18-9-5-4-8-16(18)17(21)11-10-14-6-2-1-3-7-14;/h1-9,15,20H,10-13,19H2;1H. The van der Waals surface area contributed by atoms with E-state index in [-0.39, 0.29) is 31.3 Å². The Morgan fingerprint density at radius 1 is 1.09 bits per heavy atom. The average Bonchev–Trinajstić information content (AvgIpc) is 2.58. The normalized spacial score (nSPS) is 11.4. The average molecular weight is 336 g/mol. The van der Waals surface area contributed by atoms with Crippen molar-refractivity contribution in [1.29, 1.82) is 0 Å². The molecule has 2 aromatic carbocycles. The van der Waals surface area contributed by atoms with Crippen molar-refractivity contribution in [3.05, 3.63) is 65.7 Å². The number of aryl methyl sites for hydroxylation is 1. The first-order chi connectivity index (χ1) is 10.7. The fourth-order valence-electron chi connectivity index (χ4n) is 2.11. The summed E-state index contributed by atoms with van der Waals surface area (Å²) >= 11 is 0. The summed E-state index contributed by atoms with van der Waals surface area (Å²) in [6.45, 7) is 0.212. The maximum Gasteiger partial charge on any atom is 0.166 e.